The van der Waals surface area contributed by atoms with Crippen molar-refractivity contribution in [2.24, 2.45) is 0 Å². The Labute approximate surface area is 192 Å². The number of carbonyl (C=O) groups excluding carboxylic acids is 1. The number of amides is 1. The standard InChI is InChI=1S/C21H22F3N7O3/c1-25-18-7-17(27-15-6-12(22)2-3-16(15)34-13-4-5-33-9-13)28-19-14(8-26-31(18)19)20(32)29-30-10-21(23,24)11-30/h2-3,6-8,13,25H,4-5,9-11H2,1H3,(H,27,28)(H,29,32)/t13-/m1/s1. The number of ether oxygens (including phenoxy) is 2. The smallest absolute Gasteiger partial charge is 0.276 e. The van der Waals surface area contributed by atoms with E-state index >= 15 is 0 Å². The summed E-state index contributed by atoms with van der Waals surface area (Å²) in [6.45, 7) is -0.0790. The highest BCUT2D eigenvalue weighted by molar-refractivity contribution is 5.99. The van der Waals surface area contributed by atoms with Crippen molar-refractivity contribution >= 4 is 28.9 Å². The third-order valence-corrected chi connectivity index (χ3v) is 5.46. The average Bonchev–Trinajstić information content (AvgIpc) is 3.43. The summed E-state index contributed by atoms with van der Waals surface area (Å²) >= 11 is 0. The summed E-state index contributed by atoms with van der Waals surface area (Å²) < 4.78 is 52.9. The van der Waals surface area contributed by atoms with Crippen LogP contribution in [0.4, 0.5) is 30.5 Å². The summed E-state index contributed by atoms with van der Waals surface area (Å²) in [5, 5.41) is 11.3. The highest BCUT2D eigenvalue weighted by Crippen LogP contribution is 2.31. The second kappa shape index (κ2) is 8.65. The number of hydrazine groups is 1. The summed E-state index contributed by atoms with van der Waals surface area (Å²) in [5.74, 6) is -2.70. The molecule has 4 heterocycles. The SMILES string of the molecule is CNc1cc(Nc2cc(F)ccc2O[C@@H]2CCOC2)nc2c(C(=O)NN3CC(F)(F)C3)cnn12. The van der Waals surface area contributed by atoms with E-state index in [1.54, 1.807) is 13.1 Å². The molecule has 34 heavy (non-hydrogen) atoms. The van der Waals surface area contributed by atoms with E-state index in [4.69, 9.17) is 9.47 Å². The topological polar surface area (TPSA) is 105 Å². The van der Waals surface area contributed by atoms with Crippen molar-refractivity contribution < 1.29 is 27.4 Å². The lowest BCUT2D eigenvalue weighted by atomic mass is 10.2. The van der Waals surface area contributed by atoms with Crippen LogP contribution in [-0.4, -0.2) is 70.9 Å². The normalized spacial score (nSPS) is 19.6. The fourth-order valence-corrected chi connectivity index (χ4v) is 3.79. The van der Waals surface area contributed by atoms with E-state index in [0.29, 0.717) is 36.3 Å². The number of rotatable bonds is 7. The summed E-state index contributed by atoms with van der Waals surface area (Å²) in [4.78, 5) is 17.1. The summed E-state index contributed by atoms with van der Waals surface area (Å²) in [7, 11) is 1.67. The summed E-state index contributed by atoms with van der Waals surface area (Å²) in [5.41, 5.74) is 3.05. The molecule has 1 atom stereocenters. The molecule has 2 aliphatic heterocycles. The summed E-state index contributed by atoms with van der Waals surface area (Å²) in [6.07, 6.45) is 1.88. The molecule has 0 radical (unpaired) electrons. The molecule has 2 saturated heterocycles. The molecule has 2 aliphatic rings. The number of alkyl halides is 2. The molecule has 180 valence electrons. The van der Waals surface area contributed by atoms with Crippen LogP contribution >= 0.6 is 0 Å². The molecular formula is C21H22F3N7O3. The van der Waals surface area contributed by atoms with Crippen molar-refractivity contribution in [3.8, 4) is 5.75 Å². The number of aromatic nitrogens is 3. The molecule has 3 aromatic rings. The maximum absolute atomic E-state index is 14.0. The molecule has 1 aromatic carbocycles. The minimum absolute atomic E-state index is 0.0918. The van der Waals surface area contributed by atoms with Gasteiger partial charge in [0.05, 0.1) is 38.2 Å². The number of nitrogens with zero attached hydrogens (tertiary/aromatic N) is 4. The first kappa shape index (κ1) is 22.2. The Morgan fingerprint density at radius 2 is 2.12 bits per heavy atom. The van der Waals surface area contributed by atoms with Crippen LogP contribution in [0.15, 0.2) is 30.5 Å². The fraction of sp³-hybridized carbons (Fsp3) is 0.381. The van der Waals surface area contributed by atoms with E-state index in [0.717, 1.165) is 11.4 Å². The van der Waals surface area contributed by atoms with E-state index < -0.39 is 30.7 Å². The summed E-state index contributed by atoms with van der Waals surface area (Å²) in [6, 6.07) is 5.73. The minimum Gasteiger partial charge on any atom is -0.486 e. The van der Waals surface area contributed by atoms with Crippen molar-refractivity contribution in [3.63, 3.8) is 0 Å². The van der Waals surface area contributed by atoms with Crippen LogP contribution < -0.4 is 20.8 Å². The molecule has 0 saturated carbocycles. The molecule has 2 aromatic heterocycles. The van der Waals surface area contributed by atoms with Crippen molar-refractivity contribution in [2.45, 2.75) is 18.4 Å². The maximum atomic E-state index is 14.0. The molecule has 10 nitrogen and oxygen atoms in total. The van der Waals surface area contributed by atoms with Gasteiger partial charge in [0.2, 0.25) is 0 Å². The third kappa shape index (κ3) is 4.43. The second-order valence-electron chi connectivity index (χ2n) is 8.09. The van der Waals surface area contributed by atoms with Crippen molar-refractivity contribution in [2.75, 3.05) is 44.0 Å². The largest absolute Gasteiger partial charge is 0.486 e. The molecule has 1 amide bonds. The van der Waals surface area contributed by atoms with Gasteiger partial charge in [-0.1, -0.05) is 0 Å². The second-order valence-corrected chi connectivity index (χ2v) is 8.09. The first-order valence-corrected chi connectivity index (χ1v) is 10.6. The molecule has 0 spiro atoms. The van der Waals surface area contributed by atoms with Crippen molar-refractivity contribution in [3.05, 3.63) is 41.8 Å². The maximum Gasteiger partial charge on any atom is 0.276 e. The van der Waals surface area contributed by atoms with E-state index in [1.165, 1.54) is 28.9 Å². The Morgan fingerprint density at radius 3 is 2.82 bits per heavy atom. The van der Waals surface area contributed by atoms with E-state index in [9.17, 15) is 18.0 Å². The quantitative estimate of drug-likeness (QED) is 0.477. The van der Waals surface area contributed by atoms with Crippen molar-refractivity contribution in [1.29, 1.82) is 0 Å². The van der Waals surface area contributed by atoms with Gasteiger partial charge in [-0.2, -0.15) is 9.61 Å². The van der Waals surface area contributed by atoms with Gasteiger partial charge in [0.1, 0.15) is 34.9 Å². The average molecular weight is 477 g/mol. The predicted molar refractivity (Wildman–Crippen MR) is 116 cm³/mol. The zero-order chi connectivity index (χ0) is 23.9. The zero-order valence-electron chi connectivity index (χ0n) is 18.1. The van der Waals surface area contributed by atoms with Gasteiger partial charge in [0.25, 0.3) is 11.8 Å². The Morgan fingerprint density at radius 1 is 1.29 bits per heavy atom. The lowest BCUT2D eigenvalue weighted by molar-refractivity contribution is -0.144. The lowest BCUT2D eigenvalue weighted by Crippen LogP contribution is -2.62. The van der Waals surface area contributed by atoms with Crippen LogP contribution in [0.3, 0.4) is 0 Å². The van der Waals surface area contributed by atoms with Gasteiger partial charge in [-0.3, -0.25) is 10.2 Å². The number of benzene rings is 1. The highest BCUT2D eigenvalue weighted by atomic mass is 19.3. The van der Waals surface area contributed by atoms with Gasteiger partial charge in [-0.05, 0) is 12.1 Å². The van der Waals surface area contributed by atoms with Crippen LogP contribution in [0.2, 0.25) is 0 Å². The number of anilines is 3. The Hall–Kier alpha value is -3.58. The number of halogens is 3. The number of nitrogens with one attached hydrogen (secondary N) is 3. The van der Waals surface area contributed by atoms with Crippen LogP contribution in [0.1, 0.15) is 16.8 Å². The van der Waals surface area contributed by atoms with Gasteiger partial charge in [-0.25, -0.2) is 23.2 Å². The van der Waals surface area contributed by atoms with Crippen LogP contribution in [0.25, 0.3) is 5.65 Å². The number of fused-ring (bicyclic) bond motifs is 1. The first-order valence-electron chi connectivity index (χ1n) is 10.6. The highest BCUT2D eigenvalue weighted by Gasteiger charge is 2.45. The number of carbonyl (C=O) groups is 1. The Balaban J connectivity index is 1.43. The molecule has 0 unspecified atom stereocenters. The van der Waals surface area contributed by atoms with Gasteiger partial charge in [0.15, 0.2) is 5.65 Å². The van der Waals surface area contributed by atoms with E-state index in [-0.39, 0.29) is 17.3 Å². The van der Waals surface area contributed by atoms with Gasteiger partial charge in [0, 0.05) is 25.6 Å². The van der Waals surface area contributed by atoms with Crippen LogP contribution in [0.5, 0.6) is 5.75 Å². The third-order valence-electron chi connectivity index (χ3n) is 5.46. The molecule has 0 bridgehead atoms. The molecule has 2 fully saturated rings. The van der Waals surface area contributed by atoms with Crippen molar-refractivity contribution in [1.82, 2.24) is 25.0 Å². The minimum atomic E-state index is -2.82. The monoisotopic (exact) mass is 477 g/mol. The van der Waals surface area contributed by atoms with Crippen LogP contribution in [-0.2, 0) is 4.74 Å². The van der Waals surface area contributed by atoms with Gasteiger partial charge < -0.3 is 20.1 Å². The zero-order valence-corrected chi connectivity index (χ0v) is 18.1. The molecule has 13 heteroatoms. The van der Waals surface area contributed by atoms with Crippen LogP contribution in [0, 0.1) is 5.82 Å². The number of hydrogen-bond donors (Lipinski definition) is 3. The Bertz CT molecular complexity index is 1220. The molecular weight excluding hydrogens is 455 g/mol. The van der Waals surface area contributed by atoms with Gasteiger partial charge in [-0.15, -0.1) is 0 Å². The Kier molecular flexibility index (Phi) is 5.65. The van der Waals surface area contributed by atoms with Gasteiger partial charge >= 0.3 is 0 Å². The van der Waals surface area contributed by atoms with E-state index in [2.05, 4.69) is 26.1 Å². The fourth-order valence-electron chi connectivity index (χ4n) is 3.79. The lowest BCUT2D eigenvalue weighted by Gasteiger charge is -2.38. The first-order chi connectivity index (χ1) is 16.3. The predicted octanol–water partition coefficient (Wildman–Crippen LogP) is 2.42. The van der Waals surface area contributed by atoms with E-state index in [1.807, 2.05) is 0 Å². The molecule has 0 aliphatic carbocycles. The molecule has 3 N–H and O–H groups in total. The number of hydrogen-bond acceptors (Lipinski definition) is 8. The molecule has 5 rings (SSSR count).